The number of aryl methyl sites for hydroxylation is 1. The van der Waals surface area contributed by atoms with Crippen LogP contribution in [0.5, 0.6) is 5.75 Å². The Morgan fingerprint density at radius 3 is 2.81 bits per heavy atom. The Morgan fingerprint density at radius 1 is 1.29 bits per heavy atom. The molecule has 0 saturated carbocycles. The Morgan fingerprint density at radius 2 is 2.10 bits per heavy atom. The maximum Gasteiger partial charge on any atom is 0.119 e. The molecule has 1 fully saturated rings. The zero-order valence-electron chi connectivity index (χ0n) is 14.2. The van der Waals surface area contributed by atoms with Crippen LogP contribution in [0, 0.1) is 12.8 Å². The second-order valence-corrected chi connectivity index (χ2v) is 7.14. The van der Waals surface area contributed by atoms with E-state index in [1.54, 1.807) is 4.90 Å². The van der Waals surface area contributed by atoms with E-state index in [9.17, 15) is 0 Å². The van der Waals surface area contributed by atoms with Gasteiger partial charge in [0.25, 0.3) is 0 Å². The molecule has 1 aromatic rings. The predicted octanol–water partition coefficient (Wildman–Crippen LogP) is 3.20. The third-order valence-electron chi connectivity index (χ3n) is 4.55. The van der Waals surface area contributed by atoms with Crippen LogP contribution in [0.1, 0.15) is 57.1 Å². The summed E-state index contributed by atoms with van der Waals surface area (Å²) in [5, 5.41) is 0. The molecule has 1 aliphatic rings. The summed E-state index contributed by atoms with van der Waals surface area (Å²) in [6.45, 7) is 13.8. The van der Waals surface area contributed by atoms with Gasteiger partial charge >= 0.3 is 0 Å². The van der Waals surface area contributed by atoms with Crippen molar-refractivity contribution in [2.75, 3.05) is 26.2 Å². The van der Waals surface area contributed by atoms with E-state index in [4.69, 9.17) is 4.74 Å². The van der Waals surface area contributed by atoms with E-state index < -0.39 is 0 Å². The first-order chi connectivity index (χ1) is 10.0. The predicted molar refractivity (Wildman–Crippen MR) is 89.3 cm³/mol. The van der Waals surface area contributed by atoms with Gasteiger partial charge in [-0.05, 0) is 48.9 Å². The normalized spacial score (nSPS) is 22.5. The van der Waals surface area contributed by atoms with Crippen LogP contribution in [0.4, 0.5) is 0 Å². The number of hydrogen-bond donors (Lipinski definition) is 1. The summed E-state index contributed by atoms with van der Waals surface area (Å²) in [4.78, 5) is 1.77. The van der Waals surface area contributed by atoms with E-state index >= 15 is 0 Å². The fourth-order valence-corrected chi connectivity index (χ4v) is 3.33. The minimum atomic E-state index is 0.562. The van der Waals surface area contributed by atoms with Crippen LogP contribution in [-0.4, -0.2) is 26.2 Å². The van der Waals surface area contributed by atoms with Crippen molar-refractivity contribution in [3.05, 3.63) is 29.3 Å². The third-order valence-corrected chi connectivity index (χ3v) is 4.55. The number of nitrogens with one attached hydrogen (secondary N) is 1. The van der Waals surface area contributed by atoms with E-state index in [0.717, 1.165) is 24.7 Å². The van der Waals surface area contributed by atoms with Crippen LogP contribution in [0.15, 0.2) is 18.2 Å². The molecular weight excluding hydrogens is 258 g/mol. The molecule has 0 spiro atoms. The summed E-state index contributed by atoms with van der Waals surface area (Å²) >= 11 is 0. The van der Waals surface area contributed by atoms with Crippen LogP contribution in [0.2, 0.25) is 0 Å². The van der Waals surface area contributed by atoms with Crippen molar-refractivity contribution in [1.29, 1.82) is 0 Å². The lowest BCUT2D eigenvalue weighted by atomic mass is 10.0. The molecule has 1 saturated heterocycles. The first-order valence-corrected chi connectivity index (χ1v) is 8.62. The van der Waals surface area contributed by atoms with Crippen molar-refractivity contribution in [3.63, 3.8) is 0 Å². The van der Waals surface area contributed by atoms with Gasteiger partial charge in [-0.2, -0.15) is 0 Å². The van der Waals surface area contributed by atoms with Crippen molar-refractivity contribution in [2.24, 2.45) is 5.92 Å². The summed E-state index contributed by atoms with van der Waals surface area (Å²) in [6, 6.07) is 6.62. The number of piperidine rings is 1. The molecule has 0 radical (unpaired) electrons. The third kappa shape index (κ3) is 5.35. The zero-order valence-corrected chi connectivity index (χ0v) is 14.2. The minimum absolute atomic E-state index is 0.562. The van der Waals surface area contributed by atoms with Crippen LogP contribution < -0.4 is 9.64 Å². The maximum absolute atomic E-state index is 5.98. The van der Waals surface area contributed by atoms with Gasteiger partial charge in [-0.1, -0.05) is 26.8 Å². The lowest BCUT2D eigenvalue weighted by Gasteiger charge is -2.27. The standard InChI is InChI=1S/C19H31NO/c1-15(2)18-11-17(4)12-19(13-18)21-10-6-9-20-8-5-7-16(3)14-20/h11-13,15-16H,5-10,14H2,1-4H3/p+1/t16-/m0/s1. The van der Waals surface area contributed by atoms with E-state index in [1.165, 1.54) is 43.6 Å². The largest absolute Gasteiger partial charge is 0.493 e. The number of ether oxygens (including phenoxy) is 1. The summed E-state index contributed by atoms with van der Waals surface area (Å²) in [5.74, 6) is 2.51. The van der Waals surface area contributed by atoms with Gasteiger partial charge in [0, 0.05) is 12.3 Å². The van der Waals surface area contributed by atoms with Crippen molar-refractivity contribution < 1.29 is 9.64 Å². The topological polar surface area (TPSA) is 13.7 Å². The molecular formula is C19H32NO+. The number of rotatable bonds is 6. The van der Waals surface area contributed by atoms with Crippen molar-refractivity contribution >= 4 is 0 Å². The van der Waals surface area contributed by atoms with Gasteiger partial charge in [0.1, 0.15) is 5.75 Å². The van der Waals surface area contributed by atoms with Crippen LogP contribution in [0.25, 0.3) is 0 Å². The van der Waals surface area contributed by atoms with E-state index in [1.807, 2.05) is 0 Å². The average Bonchev–Trinajstić information content (AvgIpc) is 2.43. The molecule has 1 aliphatic heterocycles. The molecule has 0 bridgehead atoms. The summed E-state index contributed by atoms with van der Waals surface area (Å²) in [6.07, 6.45) is 3.97. The Labute approximate surface area is 130 Å². The highest BCUT2D eigenvalue weighted by molar-refractivity contribution is 5.35. The van der Waals surface area contributed by atoms with Crippen LogP contribution in [-0.2, 0) is 0 Å². The van der Waals surface area contributed by atoms with E-state index in [2.05, 4.69) is 45.9 Å². The fourth-order valence-electron chi connectivity index (χ4n) is 3.33. The SMILES string of the molecule is Cc1cc(OCCC[NH+]2CCC[C@H](C)C2)cc(C(C)C)c1. The molecule has 1 aromatic carbocycles. The maximum atomic E-state index is 5.98. The summed E-state index contributed by atoms with van der Waals surface area (Å²) in [5.41, 5.74) is 2.67. The second kappa shape index (κ2) is 7.84. The molecule has 2 heteroatoms. The minimum Gasteiger partial charge on any atom is -0.493 e. The van der Waals surface area contributed by atoms with Gasteiger partial charge < -0.3 is 9.64 Å². The zero-order chi connectivity index (χ0) is 15.2. The molecule has 21 heavy (non-hydrogen) atoms. The molecule has 1 unspecified atom stereocenters. The number of hydrogen-bond acceptors (Lipinski definition) is 1. The monoisotopic (exact) mass is 290 g/mol. The Hall–Kier alpha value is -1.02. The number of benzene rings is 1. The first-order valence-electron chi connectivity index (χ1n) is 8.62. The molecule has 0 aromatic heterocycles. The first kappa shape index (κ1) is 16.4. The van der Waals surface area contributed by atoms with E-state index in [-0.39, 0.29) is 0 Å². The lowest BCUT2D eigenvalue weighted by Crippen LogP contribution is -3.13. The Bertz CT molecular complexity index is 441. The molecule has 118 valence electrons. The van der Waals surface area contributed by atoms with Crippen LogP contribution in [0.3, 0.4) is 0 Å². The molecule has 1 heterocycles. The molecule has 2 nitrogen and oxygen atoms in total. The smallest absolute Gasteiger partial charge is 0.119 e. The highest BCUT2D eigenvalue weighted by atomic mass is 16.5. The number of quaternary nitrogens is 1. The Kier molecular flexibility index (Phi) is 6.10. The fraction of sp³-hybridized carbons (Fsp3) is 0.684. The van der Waals surface area contributed by atoms with Crippen LogP contribution >= 0.6 is 0 Å². The molecule has 2 atom stereocenters. The van der Waals surface area contributed by atoms with Gasteiger partial charge in [-0.25, -0.2) is 0 Å². The quantitative estimate of drug-likeness (QED) is 0.794. The van der Waals surface area contributed by atoms with E-state index in [0.29, 0.717) is 5.92 Å². The van der Waals surface area contributed by atoms with Gasteiger partial charge in [0.05, 0.1) is 26.2 Å². The number of likely N-dealkylation sites (tertiary alicyclic amines) is 1. The highest BCUT2D eigenvalue weighted by Crippen LogP contribution is 2.22. The molecule has 2 rings (SSSR count). The highest BCUT2D eigenvalue weighted by Gasteiger charge is 2.18. The van der Waals surface area contributed by atoms with Crippen molar-refractivity contribution in [2.45, 2.75) is 52.9 Å². The summed E-state index contributed by atoms with van der Waals surface area (Å²) < 4.78 is 5.98. The lowest BCUT2D eigenvalue weighted by molar-refractivity contribution is -0.908. The van der Waals surface area contributed by atoms with Crippen molar-refractivity contribution in [1.82, 2.24) is 0 Å². The molecule has 0 amide bonds. The average molecular weight is 290 g/mol. The van der Waals surface area contributed by atoms with Gasteiger partial charge in [-0.15, -0.1) is 0 Å². The van der Waals surface area contributed by atoms with Crippen molar-refractivity contribution in [3.8, 4) is 5.75 Å². The Balaban J connectivity index is 1.75. The van der Waals surface area contributed by atoms with Gasteiger partial charge in [0.2, 0.25) is 0 Å². The second-order valence-electron chi connectivity index (χ2n) is 7.14. The summed E-state index contributed by atoms with van der Waals surface area (Å²) in [7, 11) is 0. The van der Waals surface area contributed by atoms with Gasteiger partial charge in [0.15, 0.2) is 0 Å². The molecule has 0 aliphatic carbocycles. The van der Waals surface area contributed by atoms with Gasteiger partial charge in [-0.3, -0.25) is 0 Å². The molecule has 1 N–H and O–H groups in total.